The van der Waals surface area contributed by atoms with Crippen molar-refractivity contribution < 1.29 is 9.45 Å². The van der Waals surface area contributed by atoms with E-state index in [0.29, 0.717) is 11.4 Å². The van der Waals surface area contributed by atoms with E-state index in [-0.39, 0.29) is 23.1 Å². The van der Waals surface area contributed by atoms with Crippen LogP contribution in [0.25, 0.3) is 11.5 Å². The number of nitro benzene ring substituents is 1. The number of rotatable bonds is 3. The quantitative estimate of drug-likeness (QED) is 0.660. The molecule has 2 N–H and O–H groups in total. The topological polar surface area (TPSA) is 108 Å². The second-order valence-corrected chi connectivity index (χ2v) is 3.61. The standard InChI is InChI=1S/C9H7ClN4O3/c10-6-1-5(2-7(3-6)14(15)16)9-12-8(4-11)13-17-9/h1-3H,4,11H2. The fraction of sp³-hybridized carbons (Fsp3) is 0.111. The van der Waals surface area contributed by atoms with Crippen molar-refractivity contribution in [2.24, 2.45) is 5.73 Å². The molecule has 0 amide bonds. The lowest BCUT2D eigenvalue weighted by molar-refractivity contribution is -0.384. The Kier molecular flexibility index (Phi) is 3.03. The van der Waals surface area contributed by atoms with E-state index in [1.165, 1.54) is 18.2 Å². The first-order chi connectivity index (χ1) is 8.10. The zero-order valence-electron chi connectivity index (χ0n) is 8.46. The Morgan fingerprint density at radius 3 is 2.82 bits per heavy atom. The molecule has 2 rings (SSSR count). The lowest BCUT2D eigenvalue weighted by Crippen LogP contribution is -1.97. The predicted molar refractivity (Wildman–Crippen MR) is 59.3 cm³/mol. The Morgan fingerprint density at radius 1 is 1.47 bits per heavy atom. The van der Waals surface area contributed by atoms with E-state index >= 15 is 0 Å². The average molecular weight is 255 g/mol. The van der Waals surface area contributed by atoms with Crippen molar-refractivity contribution in [2.45, 2.75) is 6.54 Å². The molecule has 0 radical (unpaired) electrons. The minimum absolute atomic E-state index is 0.131. The summed E-state index contributed by atoms with van der Waals surface area (Å²) in [5.41, 5.74) is 5.58. The summed E-state index contributed by atoms with van der Waals surface area (Å²) >= 11 is 5.77. The van der Waals surface area contributed by atoms with Crippen LogP contribution in [0.4, 0.5) is 5.69 Å². The van der Waals surface area contributed by atoms with Crippen LogP contribution in [0.3, 0.4) is 0 Å². The van der Waals surface area contributed by atoms with Gasteiger partial charge in [-0.15, -0.1) is 0 Å². The van der Waals surface area contributed by atoms with Gasteiger partial charge >= 0.3 is 0 Å². The van der Waals surface area contributed by atoms with Gasteiger partial charge in [0.1, 0.15) is 0 Å². The van der Waals surface area contributed by atoms with E-state index in [1.807, 2.05) is 0 Å². The highest BCUT2D eigenvalue weighted by molar-refractivity contribution is 6.31. The lowest BCUT2D eigenvalue weighted by atomic mass is 10.2. The molecule has 88 valence electrons. The van der Waals surface area contributed by atoms with Gasteiger partial charge in [-0.3, -0.25) is 10.1 Å². The van der Waals surface area contributed by atoms with Gasteiger partial charge in [-0.2, -0.15) is 4.98 Å². The molecule has 0 unspecified atom stereocenters. The molecule has 0 aliphatic heterocycles. The number of halogens is 1. The third-order valence-electron chi connectivity index (χ3n) is 1.99. The zero-order valence-corrected chi connectivity index (χ0v) is 9.22. The Balaban J connectivity index is 2.47. The maximum absolute atomic E-state index is 10.7. The fourth-order valence-electron chi connectivity index (χ4n) is 1.26. The molecule has 0 saturated carbocycles. The maximum atomic E-state index is 10.7. The first kappa shape index (κ1) is 11.5. The highest BCUT2D eigenvalue weighted by Gasteiger charge is 2.14. The van der Waals surface area contributed by atoms with Crippen LogP contribution in [0.2, 0.25) is 5.02 Å². The van der Waals surface area contributed by atoms with Crippen molar-refractivity contribution in [3.63, 3.8) is 0 Å². The van der Waals surface area contributed by atoms with Crippen LogP contribution in [-0.4, -0.2) is 15.1 Å². The number of hydrogen-bond acceptors (Lipinski definition) is 6. The Bertz CT molecular complexity index is 569. The molecule has 2 aromatic rings. The minimum atomic E-state index is -0.546. The van der Waals surface area contributed by atoms with Crippen molar-refractivity contribution in [3.8, 4) is 11.5 Å². The SMILES string of the molecule is NCc1noc(-c2cc(Cl)cc([N+](=O)[O-])c2)n1. The summed E-state index contributed by atoms with van der Waals surface area (Å²) in [5.74, 6) is 0.471. The third-order valence-corrected chi connectivity index (χ3v) is 2.21. The summed E-state index contributed by atoms with van der Waals surface area (Å²) in [4.78, 5) is 14.1. The molecule has 0 saturated heterocycles. The Labute approximate surface area is 100 Å². The molecular formula is C9H7ClN4O3. The number of hydrogen-bond donors (Lipinski definition) is 1. The molecule has 0 spiro atoms. The largest absolute Gasteiger partial charge is 0.334 e. The number of nitrogens with zero attached hydrogens (tertiary/aromatic N) is 3. The summed E-state index contributed by atoms with van der Waals surface area (Å²) in [6.07, 6.45) is 0. The van der Waals surface area contributed by atoms with Crippen LogP contribution in [0.15, 0.2) is 22.7 Å². The highest BCUT2D eigenvalue weighted by atomic mass is 35.5. The summed E-state index contributed by atoms with van der Waals surface area (Å²) in [6, 6.07) is 4.05. The van der Waals surface area contributed by atoms with Crippen LogP contribution in [-0.2, 0) is 6.54 Å². The van der Waals surface area contributed by atoms with E-state index in [0.717, 1.165) is 0 Å². The summed E-state index contributed by atoms with van der Waals surface area (Å²) < 4.78 is 4.91. The third kappa shape index (κ3) is 2.40. The summed E-state index contributed by atoms with van der Waals surface area (Å²) in [7, 11) is 0. The summed E-state index contributed by atoms with van der Waals surface area (Å²) in [5, 5.41) is 14.5. The fourth-order valence-corrected chi connectivity index (χ4v) is 1.49. The number of aromatic nitrogens is 2. The highest BCUT2D eigenvalue weighted by Crippen LogP contribution is 2.27. The molecule has 1 aromatic heterocycles. The van der Waals surface area contributed by atoms with E-state index < -0.39 is 4.92 Å². The average Bonchev–Trinajstić information content (AvgIpc) is 2.76. The van der Waals surface area contributed by atoms with Gasteiger partial charge in [0, 0.05) is 22.7 Å². The number of non-ortho nitro benzene ring substituents is 1. The van der Waals surface area contributed by atoms with Crippen LogP contribution in [0.1, 0.15) is 5.82 Å². The zero-order chi connectivity index (χ0) is 12.4. The van der Waals surface area contributed by atoms with E-state index in [2.05, 4.69) is 10.1 Å². The van der Waals surface area contributed by atoms with Gasteiger partial charge in [-0.1, -0.05) is 16.8 Å². The normalized spacial score (nSPS) is 10.5. The van der Waals surface area contributed by atoms with Gasteiger partial charge in [0.2, 0.25) is 0 Å². The van der Waals surface area contributed by atoms with Crippen LogP contribution < -0.4 is 5.73 Å². The monoisotopic (exact) mass is 254 g/mol. The molecule has 0 fully saturated rings. The van der Waals surface area contributed by atoms with Gasteiger partial charge < -0.3 is 10.3 Å². The van der Waals surface area contributed by atoms with Crippen LogP contribution in [0, 0.1) is 10.1 Å². The number of nitrogens with two attached hydrogens (primary N) is 1. The molecule has 0 atom stereocenters. The molecule has 7 nitrogen and oxygen atoms in total. The molecule has 1 aromatic carbocycles. The molecule has 0 bridgehead atoms. The molecule has 0 aliphatic carbocycles. The summed E-state index contributed by atoms with van der Waals surface area (Å²) in [6.45, 7) is 0.131. The second kappa shape index (κ2) is 4.48. The Morgan fingerprint density at radius 2 is 2.24 bits per heavy atom. The molecule has 17 heavy (non-hydrogen) atoms. The lowest BCUT2D eigenvalue weighted by Gasteiger charge is -1.96. The second-order valence-electron chi connectivity index (χ2n) is 3.18. The van der Waals surface area contributed by atoms with Gasteiger partial charge in [0.25, 0.3) is 11.6 Å². The van der Waals surface area contributed by atoms with Gasteiger partial charge in [-0.05, 0) is 6.07 Å². The van der Waals surface area contributed by atoms with Gasteiger partial charge in [0.15, 0.2) is 5.82 Å². The van der Waals surface area contributed by atoms with Crippen LogP contribution >= 0.6 is 11.6 Å². The van der Waals surface area contributed by atoms with Crippen molar-refractivity contribution in [2.75, 3.05) is 0 Å². The van der Waals surface area contributed by atoms with Crippen molar-refractivity contribution in [3.05, 3.63) is 39.2 Å². The first-order valence-corrected chi connectivity index (χ1v) is 4.96. The molecular weight excluding hydrogens is 248 g/mol. The van der Waals surface area contributed by atoms with Gasteiger partial charge in [0.05, 0.1) is 11.5 Å². The van der Waals surface area contributed by atoms with Crippen molar-refractivity contribution in [1.82, 2.24) is 10.1 Å². The van der Waals surface area contributed by atoms with E-state index in [4.69, 9.17) is 21.9 Å². The molecule has 0 aliphatic rings. The van der Waals surface area contributed by atoms with Crippen molar-refractivity contribution in [1.29, 1.82) is 0 Å². The number of nitro groups is 1. The van der Waals surface area contributed by atoms with Gasteiger partial charge in [-0.25, -0.2) is 0 Å². The number of benzene rings is 1. The smallest absolute Gasteiger partial charge is 0.271 e. The Hall–Kier alpha value is -1.99. The van der Waals surface area contributed by atoms with E-state index in [9.17, 15) is 10.1 Å². The van der Waals surface area contributed by atoms with E-state index in [1.54, 1.807) is 0 Å². The molecule has 8 heteroatoms. The predicted octanol–water partition coefficient (Wildman–Crippen LogP) is 1.76. The maximum Gasteiger partial charge on any atom is 0.271 e. The van der Waals surface area contributed by atoms with Crippen LogP contribution in [0.5, 0.6) is 0 Å². The minimum Gasteiger partial charge on any atom is -0.334 e. The van der Waals surface area contributed by atoms with Crippen molar-refractivity contribution >= 4 is 17.3 Å². The molecule has 1 heterocycles. The first-order valence-electron chi connectivity index (χ1n) is 4.58.